The van der Waals surface area contributed by atoms with Crippen molar-refractivity contribution in [1.29, 1.82) is 0 Å². The lowest BCUT2D eigenvalue weighted by atomic mass is 10.3. The highest BCUT2D eigenvalue weighted by molar-refractivity contribution is 7.84. The first-order valence-electron chi connectivity index (χ1n) is 5.15. The minimum atomic E-state index is -1.30. The van der Waals surface area contributed by atoms with Crippen LogP contribution >= 0.6 is 0 Å². The van der Waals surface area contributed by atoms with E-state index in [1.54, 1.807) is 25.2 Å². The molecule has 1 aromatic heterocycles. The van der Waals surface area contributed by atoms with Crippen LogP contribution in [0.4, 0.5) is 5.69 Å². The maximum absolute atomic E-state index is 12.2. The molecule has 0 amide bonds. The molecule has 0 saturated heterocycles. The Bertz CT molecular complexity index is 583. The highest BCUT2D eigenvalue weighted by Crippen LogP contribution is 2.25. The average Bonchev–Trinajstić information content (AvgIpc) is 2.74. The van der Waals surface area contributed by atoms with Crippen LogP contribution in [-0.2, 0) is 23.6 Å². The summed E-state index contributed by atoms with van der Waals surface area (Å²) < 4.78 is 17.3. The van der Waals surface area contributed by atoms with Gasteiger partial charge in [-0.3, -0.25) is 4.21 Å². The molecule has 0 saturated carbocycles. The molecule has 1 atom stereocenters. The summed E-state index contributed by atoms with van der Waals surface area (Å²) in [4.78, 5) is 1.89. The molecule has 0 spiro atoms. The van der Waals surface area contributed by atoms with Gasteiger partial charge in [-0.1, -0.05) is 0 Å². The van der Waals surface area contributed by atoms with Gasteiger partial charge in [-0.2, -0.15) is 4.80 Å². The molecule has 0 aliphatic heterocycles. The molecule has 7 nitrogen and oxygen atoms in total. The van der Waals surface area contributed by atoms with Crippen molar-refractivity contribution in [3.63, 3.8) is 0 Å². The van der Waals surface area contributed by atoms with Crippen molar-refractivity contribution < 1.29 is 8.95 Å². The van der Waals surface area contributed by atoms with E-state index in [1.807, 2.05) is 0 Å². The van der Waals surface area contributed by atoms with Crippen LogP contribution in [0.5, 0.6) is 5.75 Å². The number of anilines is 1. The summed E-state index contributed by atoms with van der Waals surface area (Å²) in [5.74, 6) is 1.11. The molecule has 1 heterocycles. The molecule has 2 aromatic rings. The van der Waals surface area contributed by atoms with E-state index in [-0.39, 0.29) is 5.75 Å². The summed E-state index contributed by atoms with van der Waals surface area (Å²) in [5.41, 5.74) is 6.20. The largest absolute Gasteiger partial charge is 0.495 e. The maximum atomic E-state index is 12.2. The lowest BCUT2D eigenvalue weighted by molar-refractivity contribution is 0.404. The second-order valence-electron chi connectivity index (χ2n) is 3.60. The number of aromatic nitrogens is 4. The standard InChI is InChI=1S/C10H13N5O2S/c1-15-13-10(12-14-15)6-18(16)9-4-3-7(11)5-8(9)17-2/h3-5H,6,11H2,1-2H3. The quantitative estimate of drug-likeness (QED) is 0.790. The van der Waals surface area contributed by atoms with E-state index in [2.05, 4.69) is 15.4 Å². The lowest BCUT2D eigenvalue weighted by Gasteiger charge is -2.07. The van der Waals surface area contributed by atoms with E-state index in [4.69, 9.17) is 10.5 Å². The van der Waals surface area contributed by atoms with Gasteiger partial charge < -0.3 is 10.5 Å². The Morgan fingerprint density at radius 2 is 2.28 bits per heavy atom. The van der Waals surface area contributed by atoms with Gasteiger partial charge in [0.05, 0.1) is 35.6 Å². The number of hydrogen-bond acceptors (Lipinski definition) is 6. The van der Waals surface area contributed by atoms with E-state index < -0.39 is 10.8 Å². The van der Waals surface area contributed by atoms with Gasteiger partial charge in [-0.25, -0.2) is 0 Å². The van der Waals surface area contributed by atoms with Gasteiger partial charge in [0, 0.05) is 11.8 Å². The summed E-state index contributed by atoms with van der Waals surface area (Å²) in [7, 11) is 1.87. The van der Waals surface area contributed by atoms with Crippen molar-refractivity contribution in [2.45, 2.75) is 10.6 Å². The predicted octanol–water partition coefficient (Wildman–Crippen LogP) is 0.109. The Labute approximate surface area is 106 Å². The van der Waals surface area contributed by atoms with Crippen LogP contribution in [0.2, 0.25) is 0 Å². The number of nitrogens with zero attached hydrogens (tertiary/aromatic N) is 4. The van der Waals surface area contributed by atoms with E-state index >= 15 is 0 Å². The number of methoxy groups -OCH3 is 1. The minimum absolute atomic E-state index is 0.189. The Hall–Kier alpha value is -1.96. The number of ether oxygens (including phenoxy) is 1. The van der Waals surface area contributed by atoms with Crippen LogP contribution in [0.3, 0.4) is 0 Å². The van der Waals surface area contributed by atoms with Gasteiger partial charge in [0.1, 0.15) is 5.75 Å². The Balaban J connectivity index is 2.23. The van der Waals surface area contributed by atoms with Crippen molar-refractivity contribution in [1.82, 2.24) is 20.2 Å². The van der Waals surface area contributed by atoms with Gasteiger partial charge in [0.25, 0.3) is 0 Å². The third-order valence-corrected chi connectivity index (χ3v) is 3.59. The zero-order chi connectivity index (χ0) is 13.1. The number of rotatable bonds is 4. The SMILES string of the molecule is COc1cc(N)ccc1S(=O)Cc1nnn(C)n1. The molecule has 2 rings (SSSR count). The Kier molecular flexibility index (Phi) is 3.56. The Morgan fingerprint density at radius 1 is 1.50 bits per heavy atom. The smallest absolute Gasteiger partial charge is 0.187 e. The van der Waals surface area contributed by atoms with Gasteiger partial charge in [0.2, 0.25) is 0 Å². The number of hydrogen-bond donors (Lipinski definition) is 1. The highest BCUT2D eigenvalue weighted by atomic mass is 32.2. The van der Waals surface area contributed by atoms with Gasteiger partial charge in [-0.05, 0) is 17.3 Å². The molecule has 1 aromatic carbocycles. The molecule has 96 valence electrons. The van der Waals surface area contributed by atoms with Crippen molar-refractivity contribution in [2.24, 2.45) is 7.05 Å². The molecule has 1 unspecified atom stereocenters. The summed E-state index contributed by atoms with van der Waals surface area (Å²) in [6.07, 6.45) is 0. The highest BCUT2D eigenvalue weighted by Gasteiger charge is 2.14. The van der Waals surface area contributed by atoms with Crippen LogP contribution in [0, 0.1) is 0 Å². The van der Waals surface area contributed by atoms with Crippen molar-refractivity contribution in [3.05, 3.63) is 24.0 Å². The van der Waals surface area contributed by atoms with Crippen LogP contribution in [0.25, 0.3) is 0 Å². The van der Waals surface area contributed by atoms with Gasteiger partial charge in [-0.15, -0.1) is 10.2 Å². The molecule has 8 heteroatoms. The summed E-state index contributed by atoms with van der Waals surface area (Å²) in [6, 6.07) is 5.00. The first-order chi connectivity index (χ1) is 8.60. The predicted molar refractivity (Wildman–Crippen MR) is 66.3 cm³/mol. The average molecular weight is 267 g/mol. The second-order valence-corrected chi connectivity index (χ2v) is 5.01. The van der Waals surface area contributed by atoms with Crippen molar-refractivity contribution in [3.8, 4) is 5.75 Å². The van der Waals surface area contributed by atoms with Crippen LogP contribution in [0.15, 0.2) is 23.1 Å². The first-order valence-corrected chi connectivity index (χ1v) is 6.47. The molecule has 0 aliphatic carbocycles. The monoisotopic (exact) mass is 267 g/mol. The maximum Gasteiger partial charge on any atom is 0.187 e. The molecule has 18 heavy (non-hydrogen) atoms. The third kappa shape index (κ3) is 2.65. The summed E-state index contributed by atoms with van der Waals surface area (Å²) >= 11 is 0. The second kappa shape index (κ2) is 5.13. The molecule has 2 N–H and O–H groups in total. The molecular weight excluding hydrogens is 254 g/mol. The number of nitrogen functional groups attached to an aromatic ring is 1. The fourth-order valence-electron chi connectivity index (χ4n) is 1.45. The van der Waals surface area contributed by atoms with Crippen LogP contribution < -0.4 is 10.5 Å². The zero-order valence-corrected chi connectivity index (χ0v) is 10.8. The fourth-order valence-corrected chi connectivity index (χ4v) is 2.54. The normalized spacial score (nSPS) is 12.3. The molecule has 0 fully saturated rings. The first kappa shape index (κ1) is 12.5. The van der Waals surface area contributed by atoms with Crippen molar-refractivity contribution >= 4 is 16.5 Å². The van der Waals surface area contributed by atoms with Gasteiger partial charge >= 0.3 is 0 Å². The fraction of sp³-hybridized carbons (Fsp3) is 0.300. The number of aryl methyl sites for hydroxylation is 1. The minimum Gasteiger partial charge on any atom is -0.495 e. The van der Waals surface area contributed by atoms with Crippen LogP contribution in [-0.4, -0.2) is 31.5 Å². The molecule has 0 aliphatic rings. The zero-order valence-electron chi connectivity index (χ0n) is 10.0. The molecule has 0 radical (unpaired) electrons. The van der Waals surface area contributed by atoms with Gasteiger partial charge in [0.15, 0.2) is 5.82 Å². The third-order valence-electron chi connectivity index (χ3n) is 2.24. The van der Waals surface area contributed by atoms with Crippen molar-refractivity contribution in [2.75, 3.05) is 12.8 Å². The number of tetrazole rings is 1. The molecular formula is C10H13N5O2S. The summed E-state index contributed by atoms with van der Waals surface area (Å²) in [6.45, 7) is 0. The van der Waals surface area contributed by atoms with E-state index in [9.17, 15) is 4.21 Å². The lowest BCUT2D eigenvalue weighted by Crippen LogP contribution is -2.02. The topological polar surface area (TPSA) is 95.9 Å². The van der Waals surface area contributed by atoms with E-state index in [1.165, 1.54) is 11.9 Å². The number of benzene rings is 1. The summed E-state index contributed by atoms with van der Waals surface area (Å²) in [5, 5.41) is 11.5. The van der Waals surface area contributed by atoms with Crippen LogP contribution in [0.1, 0.15) is 5.82 Å². The number of nitrogens with two attached hydrogens (primary N) is 1. The molecule has 0 bridgehead atoms. The van der Waals surface area contributed by atoms with E-state index in [0.717, 1.165) is 0 Å². The van der Waals surface area contributed by atoms with E-state index in [0.29, 0.717) is 22.2 Å². The Morgan fingerprint density at radius 3 is 2.89 bits per heavy atom.